The van der Waals surface area contributed by atoms with Gasteiger partial charge in [0.1, 0.15) is 11.7 Å². The SMILES string of the molecule is CCCS(=O)(=O)N1CCCCC1C(=O)Nc1cc(F)c(N(C)C)c(F)c1. The van der Waals surface area contributed by atoms with Gasteiger partial charge in [-0.25, -0.2) is 17.2 Å². The van der Waals surface area contributed by atoms with Crippen LogP contribution in [0.15, 0.2) is 12.1 Å². The highest BCUT2D eigenvalue weighted by Crippen LogP contribution is 2.27. The Morgan fingerprint density at radius 2 is 1.88 bits per heavy atom. The smallest absolute Gasteiger partial charge is 0.242 e. The number of piperidine rings is 1. The van der Waals surface area contributed by atoms with Crippen LogP contribution in [0.5, 0.6) is 0 Å². The molecule has 26 heavy (non-hydrogen) atoms. The summed E-state index contributed by atoms with van der Waals surface area (Å²) in [6, 6.07) is 1.20. The van der Waals surface area contributed by atoms with Gasteiger partial charge in [0.2, 0.25) is 15.9 Å². The van der Waals surface area contributed by atoms with Crippen molar-refractivity contribution >= 4 is 27.3 Å². The fourth-order valence-corrected chi connectivity index (χ4v) is 4.91. The minimum atomic E-state index is -3.54. The van der Waals surface area contributed by atoms with Gasteiger partial charge < -0.3 is 10.2 Å². The Kier molecular flexibility index (Phi) is 6.57. The number of halogens is 2. The molecule has 1 aliphatic rings. The molecule has 6 nitrogen and oxygen atoms in total. The molecule has 1 aromatic rings. The maximum atomic E-state index is 14.1. The molecule has 1 N–H and O–H groups in total. The van der Waals surface area contributed by atoms with Gasteiger partial charge in [0.25, 0.3) is 0 Å². The summed E-state index contributed by atoms with van der Waals surface area (Å²) in [5.41, 5.74) is -0.234. The summed E-state index contributed by atoms with van der Waals surface area (Å²) in [6.07, 6.45) is 2.25. The first-order valence-electron chi connectivity index (χ1n) is 8.64. The highest BCUT2D eigenvalue weighted by atomic mass is 32.2. The Hall–Kier alpha value is -1.74. The van der Waals surface area contributed by atoms with Crippen LogP contribution in [0.2, 0.25) is 0 Å². The van der Waals surface area contributed by atoms with Gasteiger partial charge in [0, 0.05) is 26.3 Å². The number of anilines is 2. The summed E-state index contributed by atoms with van der Waals surface area (Å²) in [4.78, 5) is 13.9. The number of sulfonamides is 1. The van der Waals surface area contributed by atoms with Gasteiger partial charge in [-0.05, 0) is 31.4 Å². The molecule has 1 saturated heterocycles. The van der Waals surface area contributed by atoms with Crippen molar-refractivity contribution in [3.63, 3.8) is 0 Å². The second-order valence-electron chi connectivity index (χ2n) is 6.61. The molecule has 0 bridgehead atoms. The number of nitrogens with zero attached hydrogens (tertiary/aromatic N) is 2. The van der Waals surface area contributed by atoms with E-state index in [4.69, 9.17) is 0 Å². The molecule has 1 aliphatic heterocycles. The van der Waals surface area contributed by atoms with Crippen molar-refractivity contribution in [2.45, 2.75) is 38.6 Å². The van der Waals surface area contributed by atoms with Crippen LogP contribution in [0.4, 0.5) is 20.2 Å². The summed E-state index contributed by atoms with van der Waals surface area (Å²) in [7, 11) is -0.512. The normalized spacial score (nSPS) is 18.6. The van der Waals surface area contributed by atoms with Crippen molar-refractivity contribution in [1.82, 2.24) is 4.31 Å². The van der Waals surface area contributed by atoms with Crippen molar-refractivity contribution in [2.75, 3.05) is 36.6 Å². The average Bonchev–Trinajstić information content (AvgIpc) is 2.53. The Morgan fingerprint density at radius 3 is 2.42 bits per heavy atom. The van der Waals surface area contributed by atoms with Gasteiger partial charge in [0.05, 0.1) is 5.75 Å². The molecule has 1 unspecified atom stereocenters. The minimum Gasteiger partial charge on any atom is -0.373 e. The second-order valence-corrected chi connectivity index (χ2v) is 8.65. The van der Waals surface area contributed by atoms with Crippen LogP contribution < -0.4 is 10.2 Å². The maximum Gasteiger partial charge on any atom is 0.242 e. The average molecular weight is 389 g/mol. The Labute approximate surface area is 153 Å². The zero-order valence-electron chi connectivity index (χ0n) is 15.3. The second kappa shape index (κ2) is 8.30. The van der Waals surface area contributed by atoms with Crippen LogP contribution in [-0.4, -0.2) is 51.1 Å². The van der Waals surface area contributed by atoms with Crippen molar-refractivity contribution in [3.05, 3.63) is 23.8 Å². The molecule has 1 fully saturated rings. The summed E-state index contributed by atoms with van der Waals surface area (Å²) >= 11 is 0. The molecular weight excluding hydrogens is 364 g/mol. The first-order chi connectivity index (χ1) is 12.2. The first kappa shape index (κ1) is 20.6. The molecule has 1 atom stereocenters. The molecular formula is C17H25F2N3O3S. The van der Waals surface area contributed by atoms with Gasteiger partial charge in [-0.1, -0.05) is 13.3 Å². The predicted octanol–water partition coefficient (Wildman–Crippen LogP) is 2.56. The highest BCUT2D eigenvalue weighted by Gasteiger charge is 2.36. The van der Waals surface area contributed by atoms with Crippen molar-refractivity contribution in [1.29, 1.82) is 0 Å². The van der Waals surface area contributed by atoms with Crippen molar-refractivity contribution < 1.29 is 22.0 Å². The quantitative estimate of drug-likeness (QED) is 0.812. The van der Waals surface area contributed by atoms with E-state index in [2.05, 4.69) is 5.32 Å². The number of hydrogen-bond acceptors (Lipinski definition) is 4. The third-order valence-electron chi connectivity index (χ3n) is 4.31. The molecule has 1 amide bonds. The zero-order chi connectivity index (χ0) is 19.5. The van der Waals surface area contributed by atoms with Crippen LogP contribution in [0, 0.1) is 11.6 Å². The van der Waals surface area contributed by atoms with Gasteiger partial charge >= 0.3 is 0 Å². The van der Waals surface area contributed by atoms with E-state index in [1.54, 1.807) is 6.92 Å². The summed E-state index contributed by atoms with van der Waals surface area (Å²) < 4.78 is 54.2. The zero-order valence-corrected chi connectivity index (χ0v) is 16.1. The standard InChI is InChI=1S/C17H25F2N3O3S/c1-4-9-26(24,25)22-8-6-5-7-15(22)17(23)20-12-10-13(18)16(21(2)3)14(19)11-12/h10-11,15H,4-9H2,1-3H3,(H,20,23). The van der Waals surface area contributed by atoms with Gasteiger partial charge in [0.15, 0.2) is 11.6 Å². The summed E-state index contributed by atoms with van der Waals surface area (Å²) in [6.45, 7) is 2.04. The van der Waals surface area contributed by atoms with E-state index in [0.717, 1.165) is 18.6 Å². The van der Waals surface area contributed by atoms with E-state index in [9.17, 15) is 22.0 Å². The van der Waals surface area contributed by atoms with Gasteiger partial charge in [-0.15, -0.1) is 0 Å². The number of carbonyl (C=O) groups is 1. The molecule has 146 valence electrons. The number of rotatable bonds is 6. The van der Waals surface area contributed by atoms with E-state index >= 15 is 0 Å². The number of carbonyl (C=O) groups excluding carboxylic acids is 1. The fraction of sp³-hybridized carbons (Fsp3) is 0.588. The van der Waals surface area contributed by atoms with Crippen LogP contribution in [0.1, 0.15) is 32.6 Å². The lowest BCUT2D eigenvalue weighted by atomic mass is 10.0. The molecule has 0 saturated carbocycles. The van der Waals surface area contributed by atoms with Crippen LogP contribution >= 0.6 is 0 Å². The highest BCUT2D eigenvalue weighted by molar-refractivity contribution is 7.89. The lowest BCUT2D eigenvalue weighted by molar-refractivity contribution is -0.120. The third kappa shape index (κ3) is 4.50. The van der Waals surface area contributed by atoms with Gasteiger partial charge in [-0.2, -0.15) is 4.31 Å². The topological polar surface area (TPSA) is 69.7 Å². The van der Waals surface area contributed by atoms with E-state index in [1.165, 1.54) is 23.3 Å². The Bertz CT molecular complexity index is 746. The lowest BCUT2D eigenvalue weighted by Gasteiger charge is -2.33. The van der Waals surface area contributed by atoms with E-state index < -0.39 is 33.6 Å². The van der Waals surface area contributed by atoms with E-state index in [1.807, 2.05) is 0 Å². The molecule has 0 aliphatic carbocycles. The summed E-state index contributed by atoms with van der Waals surface area (Å²) in [5, 5.41) is 2.46. The Balaban J connectivity index is 2.22. The van der Waals surface area contributed by atoms with Crippen LogP contribution in [-0.2, 0) is 14.8 Å². The lowest BCUT2D eigenvalue weighted by Crippen LogP contribution is -2.50. The Morgan fingerprint density at radius 1 is 1.27 bits per heavy atom. The predicted molar refractivity (Wildman–Crippen MR) is 97.7 cm³/mol. The number of benzene rings is 1. The monoisotopic (exact) mass is 389 g/mol. The van der Waals surface area contributed by atoms with Crippen molar-refractivity contribution in [3.8, 4) is 0 Å². The summed E-state index contributed by atoms with van der Waals surface area (Å²) in [5.74, 6) is -2.20. The number of amides is 1. The molecule has 9 heteroatoms. The fourth-order valence-electron chi connectivity index (χ4n) is 3.17. The third-order valence-corrected chi connectivity index (χ3v) is 6.38. The molecule has 0 aromatic heterocycles. The van der Waals surface area contributed by atoms with E-state index in [-0.39, 0.29) is 23.7 Å². The molecule has 0 spiro atoms. The molecule has 0 radical (unpaired) electrons. The minimum absolute atomic E-state index is 0.0302. The number of hydrogen-bond donors (Lipinski definition) is 1. The maximum absolute atomic E-state index is 14.1. The van der Waals surface area contributed by atoms with Crippen LogP contribution in [0.25, 0.3) is 0 Å². The van der Waals surface area contributed by atoms with Crippen LogP contribution in [0.3, 0.4) is 0 Å². The molecule has 1 heterocycles. The number of nitrogens with one attached hydrogen (secondary N) is 1. The van der Waals surface area contributed by atoms with Crippen molar-refractivity contribution in [2.24, 2.45) is 0 Å². The molecule has 2 rings (SSSR count). The molecule has 1 aromatic carbocycles. The van der Waals surface area contributed by atoms with E-state index in [0.29, 0.717) is 19.3 Å². The van der Waals surface area contributed by atoms with Gasteiger partial charge in [-0.3, -0.25) is 4.79 Å². The first-order valence-corrected chi connectivity index (χ1v) is 10.2. The largest absolute Gasteiger partial charge is 0.373 e.